The molecule has 3 aromatic rings. The highest BCUT2D eigenvalue weighted by Gasteiger charge is 2.16. The first-order valence-corrected chi connectivity index (χ1v) is 11.6. The second-order valence-corrected chi connectivity index (χ2v) is 9.31. The van der Waals surface area contributed by atoms with E-state index in [1.54, 1.807) is 24.3 Å². The number of carbonyl (C=O) groups is 1. The first-order chi connectivity index (χ1) is 15.2. The van der Waals surface area contributed by atoms with E-state index in [0.29, 0.717) is 12.2 Å². The van der Waals surface area contributed by atoms with Crippen molar-refractivity contribution in [1.29, 1.82) is 0 Å². The Morgan fingerprint density at radius 3 is 2.16 bits per heavy atom. The second kappa shape index (κ2) is 10.4. The zero-order valence-electron chi connectivity index (χ0n) is 18.0. The molecule has 0 saturated heterocycles. The van der Waals surface area contributed by atoms with Gasteiger partial charge in [0.25, 0.3) is 10.0 Å². The number of hydrogen-bond donors (Lipinski definition) is 2. The van der Waals surface area contributed by atoms with Gasteiger partial charge in [0.15, 0.2) is 0 Å². The molecular weight excluding hydrogens is 429 g/mol. The van der Waals surface area contributed by atoms with E-state index in [4.69, 9.17) is 0 Å². The van der Waals surface area contributed by atoms with Crippen molar-refractivity contribution in [1.82, 2.24) is 10.2 Å². The summed E-state index contributed by atoms with van der Waals surface area (Å²) in [5.74, 6) is -0.625. The lowest BCUT2D eigenvalue weighted by Crippen LogP contribution is -2.35. The van der Waals surface area contributed by atoms with Gasteiger partial charge < -0.3 is 10.2 Å². The largest absolute Gasteiger partial charge is 0.354 e. The van der Waals surface area contributed by atoms with Crippen molar-refractivity contribution in [3.63, 3.8) is 0 Å². The van der Waals surface area contributed by atoms with Crippen LogP contribution in [0.5, 0.6) is 0 Å². The van der Waals surface area contributed by atoms with E-state index in [0.717, 1.165) is 23.3 Å². The summed E-state index contributed by atoms with van der Waals surface area (Å²) in [6.07, 6.45) is 0.180. The molecule has 0 aliphatic rings. The van der Waals surface area contributed by atoms with Crippen LogP contribution < -0.4 is 10.0 Å². The summed E-state index contributed by atoms with van der Waals surface area (Å²) < 4.78 is 40.3. The molecular formula is C24H26FN3O3S. The van der Waals surface area contributed by atoms with Crippen LogP contribution >= 0.6 is 0 Å². The number of anilines is 1. The smallest absolute Gasteiger partial charge is 0.261 e. The van der Waals surface area contributed by atoms with Crippen LogP contribution in [0.4, 0.5) is 10.1 Å². The molecule has 0 fully saturated rings. The van der Waals surface area contributed by atoms with Crippen molar-refractivity contribution in [3.8, 4) is 0 Å². The molecule has 0 aliphatic carbocycles. The summed E-state index contributed by atoms with van der Waals surface area (Å²) in [6, 6.07) is 21.2. The van der Waals surface area contributed by atoms with Crippen LogP contribution in [0.2, 0.25) is 0 Å². The number of halogens is 1. The van der Waals surface area contributed by atoms with E-state index < -0.39 is 15.8 Å². The minimum absolute atomic E-state index is 0.0313. The fourth-order valence-corrected chi connectivity index (χ4v) is 4.31. The highest BCUT2D eigenvalue weighted by Crippen LogP contribution is 2.18. The summed E-state index contributed by atoms with van der Waals surface area (Å²) in [5.41, 5.74) is 2.24. The van der Waals surface area contributed by atoms with Gasteiger partial charge >= 0.3 is 0 Å². The van der Waals surface area contributed by atoms with Gasteiger partial charge in [-0.2, -0.15) is 0 Å². The number of amides is 1. The SMILES string of the molecule is CN(C)C(CNC(=O)Cc1ccc(NS(=O)(=O)c2ccc(F)cc2)cc1)c1ccccc1. The predicted molar refractivity (Wildman–Crippen MR) is 123 cm³/mol. The zero-order valence-corrected chi connectivity index (χ0v) is 18.8. The molecule has 1 atom stereocenters. The summed E-state index contributed by atoms with van der Waals surface area (Å²) in [6.45, 7) is 0.478. The Morgan fingerprint density at radius 1 is 0.938 bits per heavy atom. The van der Waals surface area contributed by atoms with E-state index in [2.05, 4.69) is 14.9 Å². The van der Waals surface area contributed by atoms with Gasteiger partial charge in [0.1, 0.15) is 5.82 Å². The number of nitrogens with one attached hydrogen (secondary N) is 2. The van der Waals surface area contributed by atoms with Gasteiger partial charge in [-0.05, 0) is 61.6 Å². The van der Waals surface area contributed by atoms with Crippen LogP contribution in [0.1, 0.15) is 17.2 Å². The maximum atomic E-state index is 13.0. The molecule has 0 radical (unpaired) electrons. The minimum atomic E-state index is -3.82. The van der Waals surface area contributed by atoms with E-state index in [1.165, 1.54) is 12.1 Å². The quantitative estimate of drug-likeness (QED) is 0.517. The number of benzene rings is 3. The van der Waals surface area contributed by atoms with E-state index in [1.807, 2.05) is 44.4 Å². The van der Waals surface area contributed by atoms with Gasteiger partial charge in [-0.15, -0.1) is 0 Å². The molecule has 0 saturated carbocycles. The highest BCUT2D eigenvalue weighted by atomic mass is 32.2. The maximum Gasteiger partial charge on any atom is 0.261 e. The van der Waals surface area contributed by atoms with Gasteiger partial charge in [0.2, 0.25) is 5.91 Å². The topological polar surface area (TPSA) is 78.5 Å². The average Bonchev–Trinajstić information content (AvgIpc) is 2.76. The number of carbonyl (C=O) groups excluding carboxylic acids is 1. The molecule has 8 heteroatoms. The standard InChI is InChI=1S/C24H26FN3O3S/c1-28(2)23(19-6-4-3-5-7-19)17-26-24(29)16-18-8-12-21(13-9-18)27-32(30,31)22-14-10-20(25)11-15-22/h3-15,23,27H,16-17H2,1-2H3,(H,26,29). The van der Waals surface area contributed by atoms with E-state index in [-0.39, 0.29) is 23.3 Å². The van der Waals surface area contributed by atoms with Gasteiger partial charge in [0, 0.05) is 12.2 Å². The minimum Gasteiger partial charge on any atom is -0.354 e. The lowest BCUT2D eigenvalue weighted by atomic mass is 10.1. The van der Waals surface area contributed by atoms with Crippen LogP contribution in [-0.4, -0.2) is 39.9 Å². The number of rotatable bonds is 9. The fourth-order valence-electron chi connectivity index (χ4n) is 3.25. The first kappa shape index (κ1) is 23.4. The summed E-state index contributed by atoms with van der Waals surface area (Å²) in [7, 11) is 0.116. The molecule has 3 rings (SSSR count). The molecule has 0 spiro atoms. The molecule has 1 unspecified atom stereocenters. The molecule has 6 nitrogen and oxygen atoms in total. The van der Waals surface area contributed by atoms with Crippen LogP contribution in [0, 0.1) is 5.82 Å². The van der Waals surface area contributed by atoms with Gasteiger partial charge in [-0.1, -0.05) is 42.5 Å². The van der Waals surface area contributed by atoms with E-state index >= 15 is 0 Å². The maximum absolute atomic E-state index is 13.0. The van der Waals surface area contributed by atoms with Crippen molar-refractivity contribution >= 4 is 21.6 Å². The monoisotopic (exact) mass is 455 g/mol. The molecule has 0 aliphatic heterocycles. The third kappa shape index (κ3) is 6.38. The molecule has 2 N–H and O–H groups in total. The second-order valence-electron chi connectivity index (χ2n) is 7.63. The highest BCUT2D eigenvalue weighted by molar-refractivity contribution is 7.92. The molecule has 168 valence electrons. The normalized spacial score (nSPS) is 12.4. The van der Waals surface area contributed by atoms with Crippen molar-refractivity contribution in [2.75, 3.05) is 25.4 Å². The van der Waals surface area contributed by atoms with Crippen LogP contribution in [0.3, 0.4) is 0 Å². The number of nitrogens with zero attached hydrogens (tertiary/aromatic N) is 1. The number of sulfonamides is 1. The summed E-state index contributed by atoms with van der Waals surface area (Å²) >= 11 is 0. The Kier molecular flexibility index (Phi) is 7.61. The molecule has 3 aromatic carbocycles. The molecule has 1 amide bonds. The average molecular weight is 456 g/mol. The molecule has 0 bridgehead atoms. The van der Waals surface area contributed by atoms with Crippen LogP contribution in [-0.2, 0) is 21.2 Å². The van der Waals surface area contributed by atoms with Gasteiger partial charge in [-0.3, -0.25) is 9.52 Å². The van der Waals surface area contributed by atoms with Gasteiger partial charge in [0.05, 0.1) is 17.4 Å². The Morgan fingerprint density at radius 2 is 1.56 bits per heavy atom. The Balaban J connectivity index is 1.57. The number of hydrogen-bond acceptors (Lipinski definition) is 4. The lowest BCUT2D eigenvalue weighted by molar-refractivity contribution is -0.120. The third-order valence-corrected chi connectivity index (χ3v) is 6.39. The van der Waals surface area contributed by atoms with Crippen LogP contribution in [0.15, 0.2) is 83.8 Å². The molecule has 0 aromatic heterocycles. The lowest BCUT2D eigenvalue weighted by Gasteiger charge is -2.25. The zero-order chi connectivity index (χ0) is 23.1. The Bertz CT molecular complexity index is 1130. The third-order valence-electron chi connectivity index (χ3n) is 5.00. The van der Waals surface area contributed by atoms with Gasteiger partial charge in [-0.25, -0.2) is 12.8 Å². The fraction of sp³-hybridized carbons (Fsp3) is 0.208. The molecule has 0 heterocycles. The summed E-state index contributed by atoms with van der Waals surface area (Å²) in [4.78, 5) is 14.4. The summed E-state index contributed by atoms with van der Waals surface area (Å²) in [5, 5.41) is 2.97. The number of likely N-dealkylation sites (N-methyl/N-ethyl adjacent to an activating group) is 1. The Hall–Kier alpha value is -3.23. The molecule has 32 heavy (non-hydrogen) atoms. The first-order valence-electron chi connectivity index (χ1n) is 10.1. The van der Waals surface area contributed by atoms with Crippen molar-refractivity contribution in [3.05, 3.63) is 95.8 Å². The van der Waals surface area contributed by atoms with Crippen molar-refractivity contribution in [2.24, 2.45) is 0 Å². The van der Waals surface area contributed by atoms with Crippen molar-refractivity contribution in [2.45, 2.75) is 17.4 Å². The van der Waals surface area contributed by atoms with Crippen LogP contribution in [0.25, 0.3) is 0 Å². The van der Waals surface area contributed by atoms with Crippen molar-refractivity contribution < 1.29 is 17.6 Å². The Labute approximate surface area is 188 Å². The van der Waals surface area contributed by atoms with E-state index in [9.17, 15) is 17.6 Å². The predicted octanol–water partition coefficient (Wildman–Crippen LogP) is 3.59.